The second-order valence-electron chi connectivity index (χ2n) is 7.59. The maximum Gasteiger partial charge on any atom is 0.213 e. The highest BCUT2D eigenvalue weighted by molar-refractivity contribution is 14.0. The lowest BCUT2D eigenvalue weighted by molar-refractivity contribution is 0.201. The fourth-order valence-electron chi connectivity index (χ4n) is 3.96. The molecule has 2 aromatic heterocycles. The Hall–Kier alpha value is -2.10. The van der Waals surface area contributed by atoms with Crippen LogP contribution in [0.1, 0.15) is 31.2 Å². The standard InChI is InChI=1S/C22H30N6O.HI/c1-23-22(28-14-12-27(13-15-28)20-8-4-5-11-24-20)26-17-18-9-10-21(25-16-18)29-19-6-2-3-7-19;/h4-5,8-11,16,19H,2-3,6-7,12-15,17H2,1H3,(H,23,26);1H. The van der Waals surface area contributed by atoms with Crippen LogP contribution in [0.25, 0.3) is 0 Å². The number of ether oxygens (including phenoxy) is 1. The first-order valence-corrected chi connectivity index (χ1v) is 10.5. The van der Waals surface area contributed by atoms with Crippen molar-refractivity contribution in [3.8, 4) is 5.88 Å². The predicted octanol–water partition coefficient (Wildman–Crippen LogP) is 3.31. The Bertz CT molecular complexity index is 787. The molecule has 7 nitrogen and oxygen atoms in total. The third kappa shape index (κ3) is 5.96. The van der Waals surface area contributed by atoms with Crippen LogP contribution in [-0.4, -0.2) is 60.2 Å². The summed E-state index contributed by atoms with van der Waals surface area (Å²) in [7, 11) is 1.84. The summed E-state index contributed by atoms with van der Waals surface area (Å²) in [6.07, 6.45) is 8.91. The number of aliphatic imine (C=N–C) groups is 1. The lowest BCUT2D eigenvalue weighted by atomic mass is 10.2. The molecule has 2 fully saturated rings. The van der Waals surface area contributed by atoms with E-state index in [0.717, 1.165) is 62.2 Å². The zero-order chi connectivity index (χ0) is 19.9. The summed E-state index contributed by atoms with van der Waals surface area (Å²) in [6, 6.07) is 10.1. The molecular formula is C22H31IN6O. The molecule has 30 heavy (non-hydrogen) atoms. The van der Waals surface area contributed by atoms with E-state index in [4.69, 9.17) is 4.74 Å². The topological polar surface area (TPSA) is 65.9 Å². The van der Waals surface area contributed by atoms with Crippen molar-refractivity contribution in [1.82, 2.24) is 20.2 Å². The van der Waals surface area contributed by atoms with Crippen LogP contribution in [0.2, 0.25) is 0 Å². The number of halogens is 1. The number of hydrogen-bond donors (Lipinski definition) is 1. The van der Waals surface area contributed by atoms with Crippen LogP contribution in [0.3, 0.4) is 0 Å². The van der Waals surface area contributed by atoms with Crippen molar-refractivity contribution >= 4 is 35.8 Å². The number of nitrogens with zero attached hydrogens (tertiary/aromatic N) is 5. The van der Waals surface area contributed by atoms with Crippen molar-refractivity contribution in [3.05, 3.63) is 48.3 Å². The Morgan fingerprint density at radius 3 is 2.53 bits per heavy atom. The number of nitrogens with one attached hydrogen (secondary N) is 1. The van der Waals surface area contributed by atoms with E-state index in [2.05, 4.69) is 42.2 Å². The van der Waals surface area contributed by atoms with E-state index in [9.17, 15) is 0 Å². The van der Waals surface area contributed by atoms with Gasteiger partial charge in [0.25, 0.3) is 0 Å². The zero-order valence-electron chi connectivity index (χ0n) is 17.5. The summed E-state index contributed by atoms with van der Waals surface area (Å²) in [5.41, 5.74) is 1.12. The maximum atomic E-state index is 5.95. The average molecular weight is 522 g/mol. The van der Waals surface area contributed by atoms with Gasteiger partial charge in [-0.3, -0.25) is 4.99 Å². The fourth-order valence-corrected chi connectivity index (χ4v) is 3.96. The Labute approximate surface area is 196 Å². The molecule has 2 aromatic rings. The average Bonchev–Trinajstić information content (AvgIpc) is 3.29. The van der Waals surface area contributed by atoms with E-state index in [1.807, 2.05) is 37.6 Å². The van der Waals surface area contributed by atoms with Gasteiger partial charge in [-0.15, -0.1) is 24.0 Å². The van der Waals surface area contributed by atoms with E-state index in [-0.39, 0.29) is 24.0 Å². The molecular weight excluding hydrogens is 491 g/mol. The number of piperazine rings is 1. The number of hydrogen-bond acceptors (Lipinski definition) is 5. The van der Waals surface area contributed by atoms with Gasteiger partial charge in [-0.25, -0.2) is 9.97 Å². The van der Waals surface area contributed by atoms with Crippen LogP contribution in [0.5, 0.6) is 5.88 Å². The van der Waals surface area contributed by atoms with E-state index >= 15 is 0 Å². The SMILES string of the molecule is CN=C(NCc1ccc(OC2CCCC2)nc1)N1CCN(c2ccccn2)CC1.I. The molecule has 0 spiro atoms. The fraction of sp³-hybridized carbons (Fsp3) is 0.500. The van der Waals surface area contributed by atoms with Crippen molar-refractivity contribution in [2.45, 2.75) is 38.3 Å². The Morgan fingerprint density at radius 1 is 1.10 bits per heavy atom. The number of aromatic nitrogens is 2. The summed E-state index contributed by atoms with van der Waals surface area (Å²) in [5.74, 6) is 2.70. The molecule has 0 amide bonds. The van der Waals surface area contributed by atoms with Gasteiger partial charge in [0.1, 0.15) is 11.9 Å². The minimum absolute atomic E-state index is 0. The summed E-state index contributed by atoms with van der Waals surface area (Å²) in [6.45, 7) is 4.41. The smallest absolute Gasteiger partial charge is 0.213 e. The third-order valence-electron chi connectivity index (χ3n) is 5.60. The van der Waals surface area contributed by atoms with Gasteiger partial charge in [-0.05, 0) is 43.4 Å². The van der Waals surface area contributed by atoms with E-state index in [0.29, 0.717) is 12.6 Å². The van der Waals surface area contributed by atoms with Crippen LogP contribution < -0.4 is 15.0 Å². The first-order valence-electron chi connectivity index (χ1n) is 10.5. The molecule has 2 aliphatic rings. The first kappa shape index (κ1) is 22.6. The highest BCUT2D eigenvalue weighted by Crippen LogP contribution is 2.22. The normalized spacial score (nSPS) is 17.6. The lowest BCUT2D eigenvalue weighted by Crippen LogP contribution is -2.52. The Kier molecular flexibility index (Phi) is 8.53. The first-order chi connectivity index (χ1) is 14.3. The number of rotatable bonds is 5. The molecule has 1 aliphatic heterocycles. The van der Waals surface area contributed by atoms with Gasteiger partial charge >= 0.3 is 0 Å². The van der Waals surface area contributed by atoms with Crippen molar-refractivity contribution < 1.29 is 4.74 Å². The van der Waals surface area contributed by atoms with Gasteiger partial charge in [-0.1, -0.05) is 12.1 Å². The number of pyridine rings is 2. The molecule has 4 rings (SSSR count). The number of guanidine groups is 1. The van der Waals surface area contributed by atoms with Gasteiger partial charge in [0.2, 0.25) is 5.88 Å². The molecule has 0 unspecified atom stereocenters. The summed E-state index contributed by atoms with van der Waals surface area (Å²) >= 11 is 0. The Balaban J connectivity index is 0.00000256. The van der Waals surface area contributed by atoms with Crippen molar-refractivity contribution in [3.63, 3.8) is 0 Å². The third-order valence-corrected chi connectivity index (χ3v) is 5.60. The van der Waals surface area contributed by atoms with E-state index in [1.165, 1.54) is 12.8 Å². The molecule has 3 heterocycles. The quantitative estimate of drug-likeness (QED) is 0.370. The Morgan fingerprint density at radius 2 is 1.90 bits per heavy atom. The van der Waals surface area contributed by atoms with Crippen LogP contribution in [0.15, 0.2) is 47.7 Å². The van der Waals surface area contributed by atoms with Crippen LogP contribution in [0, 0.1) is 0 Å². The largest absolute Gasteiger partial charge is 0.474 e. The van der Waals surface area contributed by atoms with Crippen LogP contribution >= 0.6 is 24.0 Å². The van der Waals surface area contributed by atoms with Gasteiger partial charge in [0.05, 0.1) is 0 Å². The molecule has 0 atom stereocenters. The van der Waals surface area contributed by atoms with Crippen molar-refractivity contribution in [1.29, 1.82) is 0 Å². The van der Waals surface area contributed by atoms with Gasteiger partial charge < -0.3 is 19.9 Å². The summed E-state index contributed by atoms with van der Waals surface area (Å²) < 4.78 is 5.95. The van der Waals surface area contributed by atoms with E-state index < -0.39 is 0 Å². The molecule has 0 bridgehead atoms. The minimum atomic E-state index is 0. The van der Waals surface area contributed by atoms with Crippen LogP contribution in [0.4, 0.5) is 5.82 Å². The van der Waals surface area contributed by atoms with Gasteiger partial charge in [-0.2, -0.15) is 0 Å². The molecule has 0 radical (unpaired) electrons. The molecule has 0 aromatic carbocycles. The van der Waals surface area contributed by atoms with Crippen LogP contribution in [-0.2, 0) is 6.54 Å². The second kappa shape index (κ2) is 11.3. The van der Waals surface area contributed by atoms with E-state index in [1.54, 1.807) is 0 Å². The minimum Gasteiger partial charge on any atom is -0.474 e. The highest BCUT2D eigenvalue weighted by Gasteiger charge is 2.20. The molecule has 1 saturated heterocycles. The molecule has 8 heteroatoms. The van der Waals surface area contributed by atoms with Crippen molar-refractivity contribution in [2.24, 2.45) is 4.99 Å². The van der Waals surface area contributed by atoms with Crippen molar-refractivity contribution in [2.75, 3.05) is 38.1 Å². The zero-order valence-corrected chi connectivity index (χ0v) is 19.9. The van der Waals surface area contributed by atoms with Gasteiger partial charge in [0, 0.05) is 58.2 Å². The summed E-state index contributed by atoms with van der Waals surface area (Å²) in [4.78, 5) is 18.0. The number of anilines is 1. The predicted molar refractivity (Wildman–Crippen MR) is 131 cm³/mol. The maximum absolute atomic E-state index is 5.95. The molecule has 1 aliphatic carbocycles. The summed E-state index contributed by atoms with van der Waals surface area (Å²) in [5, 5.41) is 3.46. The molecule has 162 valence electrons. The highest BCUT2D eigenvalue weighted by atomic mass is 127. The van der Waals surface area contributed by atoms with Gasteiger partial charge in [0.15, 0.2) is 5.96 Å². The lowest BCUT2D eigenvalue weighted by Gasteiger charge is -2.37. The monoisotopic (exact) mass is 522 g/mol. The molecule has 1 saturated carbocycles. The second-order valence-corrected chi connectivity index (χ2v) is 7.59. The molecule has 1 N–H and O–H groups in total.